The molecular weight excluding hydrogens is 194 g/mol. The fourth-order valence-corrected chi connectivity index (χ4v) is 1.51. The molecule has 1 unspecified atom stereocenters. The second-order valence-electron chi connectivity index (χ2n) is 4.62. The largest absolute Gasteiger partial charge is 0.481 e. The second kappa shape index (κ2) is 4.64. The number of aliphatic carboxylic acids is 1. The van der Waals surface area contributed by atoms with Crippen LogP contribution in [0.4, 0.5) is 0 Å². The number of hydrogen-bond acceptors (Lipinski definition) is 2. The number of rotatable bonds is 5. The van der Waals surface area contributed by atoms with E-state index in [9.17, 15) is 9.59 Å². The molecule has 1 aliphatic carbocycles. The Bertz CT molecular complexity index is 259. The molecule has 0 aliphatic heterocycles. The van der Waals surface area contributed by atoms with Gasteiger partial charge in [0.2, 0.25) is 5.91 Å². The number of carboxylic acid groups (broad SMARTS) is 1. The predicted molar refractivity (Wildman–Crippen MR) is 56.4 cm³/mol. The first kappa shape index (κ1) is 12.0. The van der Waals surface area contributed by atoms with Crippen LogP contribution < -0.4 is 0 Å². The maximum Gasteiger partial charge on any atom is 0.308 e. The van der Waals surface area contributed by atoms with Gasteiger partial charge in [-0.25, -0.2) is 0 Å². The molecule has 1 amide bonds. The van der Waals surface area contributed by atoms with Crippen LogP contribution in [0, 0.1) is 11.8 Å². The SMILES string of the molecule is CC(C)C(=O)N(CC(C)C(=O)O)C1CC1. The van der Waals surface area contributed by atoms with Crippen LogP contribution in [0.3, 0.4) is 0 Å². The zero-order valence-corrected chi connectivity index (χ0v) is 9.56. The minimum atomic E-state index is -0.836. The highest BCUT2D eigenvalue weighted by Gasteiger charge is 2.35. The molecule has 0 heterocycles. The first-order valence-electron chi connectivity index (χ1n) is 5.46. The average Bonchev–Trinajstić information content (AvgIpc) is 2.95. The first-order valence-corrected chi connectivity index (χ1v) is 5.46. The molecule has 0 saturated heterocycles. The molecule has 1 fully saturated rings. The van der Waals surface area contributed by atoms with Gasteiger partial charge in [0.15, 0.2) is 0 Å². The molecule has 0 aromatic rings. The Kier molecular flexibility index (Phi) is 3.72. The molecule has 1 aliphatic rings. The summed E-state index contributed by atoms with van der Waals surface area (Å²) in [4.78, 5) is 24.3. The van der Waals surface area contributed by atoms with E-state index in [1.165, 1.54) is 0 Å². The van der Waals surface area contributed by atoms with Crippen molar-refractivity contribution in [3.8, 4) is 0 Å². The molecule has 4 heteroatoms. The smallest absolute Gasteiger partial charge is 0.308 e. The van der Waals surface area contributed by atoms with Crippen LogP contribution in [0.25, 0.3) is 0 Å². The monoisotopic (exact) mass is 213 g/mol. The summed E-state index contributed by atoms with van der Waals surface area (Å²) in [7, 11) is 0. The van der Waals surface area contributed by atoms with Gasteiger partial charge in [0.25, 0.3) is 0 Å². The van der Waals surface area contributed by atoms with Crippen molar-refractivity contribution in [2.45, 2.75) is 39.7 Å². The number of hydrogen-bond donors (Lipinski definition) is 1. The standard InChI is InChI=1S/C11H19NO3/c1-7(2)10(13)12(9-4-5-9)6-8(3)11(14)15/h7-9H,4-6H2,1-3H3,(H,14,15). The number of carbonyl (C=O) groups is 2. The van der Waals surface area contributed by atoms with Crippen LogP contribution >= 0.6 is 0 Å². The highest BCUT2D eigenvalue weighted by Crippen LogP contribution is 2.28. The molecule has 1 rings (SSSR count). The predicted octanol–water partition coefficient (Wildman–Crippen LogP) is 1.35. The molecule has 0 aromatic carbocycles. The van der Waals surface area contributed by atoms with E-state index >= 15 is 0 Å². The highest BCUT2D eigenvalue weighted by molar-refractivity contribution is 5.79. The summed E-state index contributed by atoms with van der Waals surface area (Å²) in [6.45, 7) is 5.69. The normalized spacial score (nSPS) is 17.6. The van der Waals surface area contributed by atoms with Crippen LogP contribution in [0.2, 0.25) is 0 Å². The Morgan fingerprint density at radius 2 is 1.87 bits per heavy atom. The van der Waals surface area contributed by atoms with Crippen LogP contribution in [-0.4, -0.2) is 34.5 Å². The lowest BCUT2D eigenvalue weighted by Crippen LogP contribution is -2.40. The fraction of sp³-hybridized carbons (Fsp3) is 0.818. The maximum absolute atomic E-state index is 11.8. The van der Waals surface area contributed by atoms with Gasteiger partial charge in [-0.05, 0) is 12.8 Å². The molecule has 0 bridgehead atoms. The lowest BCUT2D eigenvalue weighted by atomic mass is 10.1. The van der Waals surface area contributed by atoms with Crippen LogP contribution in [-0.2, 0) is 9.59 Å². The lowest BCUT2D eigenvalue weighted by molar-refractivity contribution is -0.144. The molecule has 1 saturated carbocycles. The zero-order valence-electron chi connectivity index (χ0n) is 9.56. The number of carbonyl (C=O) groups excluding carboxylic acids is 1. The van der Waals surface area contributed by atoms with Crippen LogP contribution in [0.1, 0.15) is 33.6 Å². The van der Waals surface area contributed by atoms with Gasteiger partial charge in [0.1, 0.15) is 0 Å². The third-order valence-corrected chi connectivity index (χ3v) is 2.66. The fourth-order valence-electron chi connectivity index (χ4n) is 1.51. The number of amides is 1. The van der Waals surface area contributed by atoms with Gasteiger partial charge in [-0.1, -0.05) is 20.8 Å². The average molecular weight is 213 g/mol. The Labute approximate surface area is 90.3 Å². The van der Waals surface area contributed by atoms with E-state index in [2.05, 4.69) is 0 Å². The molecule has 86 valence electrons. The first-order chi connectivity index (χ1) is 6.93. The number of carboxylic acids is 1. The zero-order chi connectivity index (χ0) is 11.6. The van der Waals surface area contributed by atoms with E-state index < -0.39 is 11.9 Å². The van der Waals surface area contributed by atoms with Crippen molar-refractivity contribution in [1.29, 1.82) is 0 Å². The topological polar surface area (TPSA) is 57.6 Å². The van der Waals surface area contributed by atoms with Gasteiger partial charge in [-0.15, -0.1) is 0 Å². The lowest BCUT2D eigenvalue weighted by Gasteiger charge is -2.26. The van der Waals surface area contributed by atoms with Crippen molar-refractivity contribution in [1.82, 2.24) is 4.90 Å². The van der Waals surface area contributed by atoms with Crippen molar-refractivity contribution in [3.63, 3.8) is 0 Å². The molecule has 0 radical (unpaired) electrons. The van der Waals surface area contributed by atoms with Gasteiger partial charge in [-0.3, -0.25) is 9.59 Å². The minimum absolute atomic E-state index is 0.0494. The van der Waals surface area contributed by atoms with E-state index in [4.69, 9.17) is 5.11 Å². The van der Waals surface area contributed by atoms with Crippen molar-refractivity contribution < 1.29 is 14.7 Å². The summed E-state index contributed by atoms with van der Waals surface area (Å²) in [5.74, 6) is -1.29. The summed E-state index contributed by atoms with van der Waals surface area (Å²) >= 11 is 0. The Morgan fingerprint density at radius 3 is 2.20 bits per heavy atom. The van der Waals surface area contributed by atoms with Gasteiger partial charge in [-0.2, -0.15) is 0 Å². The van der Waals surface area contributed by atoms with Gasteiger partial charge in [0.05, 0.1) is 5.92 Å². The Morgan fingerprint density at radius 1 is 1.33 bits per heavy atom. The van der Waals surface area contributed by atoms with Crippen LogP contribution in [0.5, 0.6) is 0 Å². The summed E-state index contributed by atoms with van der Waals surface area (Å²) < 4.78 is 0. The molecule has 1 N–H and O–H groups in total. The molecule has 0 spiro atoms. The maximum atomic E-state index is 11.8. The number of nitrogens with zero attached hydrogens (tertiary/aromatic N) is 1. The van der Waals surface area contributed by atoms with Crippen LogP contribution in [0.15, 0.2) is 0 Å². The molecular formula is C11H19NO3. The van der Waals surface area contributed by atoms with Gasteiger partial charge in [0, 0.05) is 18.5 Å². The van der Waals surface area contributed by atoms with E-state index in [1.807, 2.05) is 13.8 Å². The van der Waals surface area contributed by atoms with E-state index in [-0.39, 0.29) is 11.8 Å². The highest BCUT2D eigenvalue weighted by atomic mass is 16.4. The Hall–Kier alpha value is -1.06. The van der Waals surface area contributed by atoms with Crippen molar-refractivity contribution >= 4 is 11.9 Å². The van der Waals surface area contributed by atoms with E-state index in [1.54, 1.807) is 11.8 Å². The molecule has 1 atom stereocenters. The second-order valence-corrected chi connectivity index (χ2v) is 4.62. The third-order valence-electron chi connectivity index (χ3n) is 2.66. The molecule has 4 nitrogen and oxygen atoms in total. The summed E-state index contributed by atoms with van der Waals surface area (Å²) in [5, 5.41) is 8.82. The van der Waals surface area contributed by atoms with Gasteiger partial charge >= 0.3 is 5.97 Å². The van der Waals surface area contributed by atoms with E-state index in [0.29, 0.717) is 12.6 Å². The van der Waals surface area contributed by atoms with Crippen molar-refractivity contribution in [3.05, 3.63) is 0 Å². The third kappa shape index (κ3) is 3.22. The summed E-state index contributed by atoms with van der Waals surface area (Å²) in [5.41, 5.74) is 0. The molecule has 0 aromatic heterocycles. The van der Waals surface area contributed by atoms with Crippen molar-refractivity contribution in [2.24, 2.45) is 11.8 Å². The molecule has 15 heavy (non-hydrogen) atoms. The summed E-state index contributed by atoms with van der Waals surface area (Å²) in [6.07, 6.45) is 2.04. The van der Waals surface area contributed by atoms with Crippen molar-refractivity contribution in [2.75, 3.05) is 6.54 Å². The van der Waals surface area contributed by atoms with Gasteiger partial charge < -0.3 is 10.0 Å². The van der Waals surface area contributed by atoms with E-state index in [0.717, 1.165) is 12.8 Å². The summed E-state index contributed by atoms with van der Waals surface area (Å²) in [6, 6.07) is 0.293. The quantitative estimate of drug-likeness (QED) is 0.750. The Balaban J connectivity index is 2.58. The minimum Gasteiger partial charge on any atom is -0.481 e.